The molecule has 17 heavy (non-hydrogen) atoms. The summed E-state index contributed by atoms with van der Waals surface area (Å²) in [6.07, 6.45) is 1.58. The molecule has 0 radical (unpaired) electrons. The second-order valence-corrected chi connectivity index (χ2v) is 4.94. The zero-order chi connectivity index (χ0) is 12.2. The van der Waals surface area contributed by atoms with Crippen LogP contribution in [0.3, 0.4) is 0 Å². The first kappa shape index (κ1) is 10.9. The number of aliphatic hydroxyl groups is 3. The van der Waals surface area contributed by atoms with Gasteiger partial charge in [0.1, 0.15) is 6.10 Å². The molecule has 2 saturated carbocycles. The lowest BCUT2D eigenvalue weighted by Crippen LogP contribution is -2.38. The summed E-state index contributed by atoms with van der Waals surface area (Å²) in [6, 6.07) is 1.13. The number of rotatable bonds is 2. The predicted molar refractivity (Wildman–Crippen MR) is 57.2 cm³/mol. The van der Waals surface area contributed by atoms with E-state index < -0.39 is 29.4 Å². The van der Waals surface area contributed by atoms with Gasteiger partial charge in [0.05, 0.1) is 18.8 Å². The third kappa shape index (κ3) is 1.25. The van der Waals surface area contributed by atoms with E-state index in [-0.39, 0.29) is 12.5 Å². The molecule has 2 aliphatic carbocycles. The molecule has 0 amide bonds. The van der Waals surface area contributed by atoms with E-state index in [4.69, 9.17) is 0 Å². The van der Waals surface area contributed by atoms with Crippen molar-refractivity contribution in [3.8, 4) is 0 Å². The van der Waals surface area contributed by atoms with E-state index in [1.807, 2.05) is 0 Å². The highest BCUT2D eigenvalue weighted by Gasteiger charge is 2.71. The summed E-state index contributed by atoms with van der Waals surface area (Å²) in [5.74, 6) is -0.0561. The molecule has 1 heterocycles. The molecule has 2 fully saturated rings. The summed E-state index contributed by atoms with van der Waals surface area (Å²) in [6.45, 7) is -0.165. The molecule has 1 unspecified atom stereocenters. The van der Waals surface area contributed by atoms with Crippen molar-refractivity contribution < 1.29 is 15.3 Å². The lowest BCUT2D eigenvalue weighted by atomic mass is 10.0. The summed E-state index contributed by atoms with van der Waals surface area (Å²) >= 11 is 0. The molecular formula is C11H14N2O4. The van der Waals surface area contributed by atoms with E-state index in [0.29, 0.717) is 6.42 Å². The van der Waals surface area contributed by atoms with E-state index in [1.54, 1.807) is 12.3 Å². The first-order valence-corrected chi connectivity index (χ1v) is 5.62. The fourth-order valence-electron chi connectivity index (χ4n) is 3.15. The van der Waals surface area contributed by atoms with Gasteiger partial charge in [-0.05, 0) is 18.4 Å². The van der Waals surface area contributed by atoms with Crippen LogP contribution in [0.4, 0.5) is 0 Å². The third-order valence-electron chi connectivity index (χ3n) is 4.21. The zero-order valence-corrected chi connectivity index (χ0v) is 9.10. The summed E-state index contributed by atoms with van der Waals surface area (Å²) in [7, 11) is 0. The minimum Gasteiger partial charge on any atom is -0.396 e. The van der Waals surface area contributed by atoms with Crippen LogP contribution >= 0.6 is 0 Å². The highest BCUT2D eigenvalue weighted by Crippen LogP contribution is 2.66. The molecule has 92 valence electrons. The van der Waals surface area contributed by atoms with Gasteiger partial charge < -0.3 is 15.3 Å². The summed E-state index contributed by atoms with van der Waals surface area (Å²) < 4.78 is 1.35. The number of aromatic nitrogens is 2. The molecule has 6 heteroatoms. The van der Waals surface area contributed by atoms with Gasteiger partial charge in [-0.1, -0.05) is 0 Å². The second kappa shape index (κ2) is 3.38. The van der Waals surface area contributed by atoms with Crippen LogP contribution in [0.2, 0.25) is 0 Å². The van der Waals surface area contributed by atoms with E-state index >= 15 is 0 Å². The van der Waals surface area contributed by atoms with Crippen LogP contribution in [-0.4, -0.2) is 43.7 Å². The first-order valence-electron chi connectivity index (χ1n) is 5.62. The maximum Gasteiger partial charge on any atom is 0.347 e. The van der Waals surface area contributed by atoms with Crippen molar-refractivity contribution in [2.75, 3.05) is 6.61 Å². The van der Waals surface area contributed by atoms with Crippen LogP contribution in [0.5, 0.6) is 0 Å². The van der Waals surface area contributed by atoms with Gasteiger partial charge in [-0.25, -0.2) is 9.78 Å². The molecule has 3 N–H and O–H groups in total. The maximum atomic E-state index is 11.6. The number of aliphatic hydroxyl groups excluding tert-OH is 3. The molecule has 1 aromatic heterocycles. The fraction of sp³-hybridized carbons (Fsp3) is 0.636. The average molecular weight is 238 g/mol. The van der Waals surface area contributed by atoms with Gasteiger partial charge >= 0.3 is 5.69 Å². The Labute approximate surface area is 97.2 Å². The minimum absolute atomic E-state index is 0.0561. The second-order valence-electron chi connectivity index (χ2n) is 4.94. The lowest BCUT2D eigenvalue weighted by Gasteiger charge is -2.23. The Bertz CT molecular complexity index is 502. The number of hydrogen-bond acceptors (Lipinski definition) is 5. The minimum atomic E-state index is -1.03. The van der Waals surface area contributed by atoms with Gasteiger partial charge in [0, 0.05) is 17.8 Å². The van der Waals surface area contributed by atoms with Crippen molar-refractivity contribution in [3.05, 3.63) is 28.9 Å². The number of hydrogen-bond donors (Lipinski definition) is 3. The predicted octanol–water partition coefficient (Wildman–Crippen LogP) is -1.48. The van der Waals surface area contributed by atoms with Gasteiger partial charge in [-0.2, -0.15) is 0 Å². The molecule has 0 bridgehead atoms. The van der Waals surface area contributed by atoms with Gasteiger partial charge in [0.2, 0.25) is 0 Å². The first-order chi connectivity index (χ1) is 8.12. The van der Waals surface area contributed by atoms with Crippen molar-refractivity contribution in [2.24, 2.45) is 11.3 Å². The van der Waals surface area contributed by atoms with Gasteiger partial charge in [-0.15, -0.1) is 0 Å². The third-order valence-corrected chi connectivity index (χ3v) is 4.21. The van der Waals surface area contributed by atoms with E-state index in [0.717, 1.165) is 0 Å². The fourth-order valence-corrected chi connectivity index (χ4v) is 3.15. The van der Waals surface area contributed by atoms with Crippen molar-refractivity contribution >= 4 is 0 Å². The van der Waals surface area contributed by atoms with Crippen LogP contribution < -0.4 is 5.69 Å². The zero-order valence-electron chi connectivity index (χ0n) is 9.10. The average Bonchev–Trinajstić information content (AvgIpc) is 3.02. The Hall–Kier alpha value is -1.24. The van der Waals surface area contributed by atoms with Crippen molar-refractivity contribution in [1.82, 2.24) is 9.55 Å². The maximum absolute atomic E-state index is 11.6. The van der Waals surface area contributed by atoms with E-state index in [2.05, 4.69) is 4.98 Å². The molecule has 0 spiro atoms. The van der Waals surface area contributed by atoms with E-state index in [1.165, 1.54) is 10.8 Å². The van der Waals surface area contributed by atoms with Crippen LogP contribution in [0.25, 0.3) is 0 Å². The molecule has 5 atom stereocenters. The molecule has 1 aromatic rings. The Morgan fingerprint density at radius 1 is 1.53 bits per heavy atom. The standard InChI is InChI=1S/C11H14N2O4/c14-5-11-4-6(11)7(8(15)9(11)16)13-3-1-2-12-10(13)17/h1-3,6-9,14-16H,4-5H2/t6-,7?,8+,9+,11+/m1/s1. The number of nitrogens with zero attached hydrogens (tertiary/aromatic N) is 2. The summed E-state index contributed by atoms with van der Waals surface area (Å²) in [4.78, 5) is 15.2. The van der Waals surface area contributed by atoms with Gasteiger partial charge in [0.15, 0.2) is 0 Å². The smallest absolute Gasteiger partial charge is 0.347 e. The largest absolute Gasteiger partial charge is 0.396 e. The molecule has 0 aliphatic heterocycles. The normalized spacial score (nSPS) is 43.5. The Balaban J connectivity index is 2.02. The summed E-state index contributed by atoms with van der Waals surface area (Å²) in [5.41, 5.74) is -1.07. The number of fused-ring (bicyclic) bond motifs is 1. The molecule has 2 aliphatic rings. The molecule has 6 nitrogen and oxygen atoms in total. The van der Waals surface area contributed by atoms with Crippen LogP contribution in [-0.2, 0) is 0 Å². The van der Waals surface area contributed by atoms with E-state index in [9.17, 15) is 20.1 Å². The van der Waals surface area contributed by atoms with Crippen LogP contribution in [0.15, 0.2) is 23.3 Å². The molecule has 0 saturated heterocycles. The van der Waals surface area contributed by atoms with Gasteiger partial charge in [0.25, 0.3) is 0 Å². The lowest BCUT2D eigenvalue weighted by molar-refractivity contribution is -0.0309. The van der Waals surface area contributed by atoms with Crippen molar-refractivity contribution in [1.29, 1.82) is 0 Å². The van der Waals surface area contributed by atoms with Crippen LogP contribution in [0, 0.1) is 11.3 Å². The van der Waals surface area contributed by atoms with Crippen molar-refractivity contribution in [3.63, 3.8) is 0 Å². The Kier molecular flexibility index (Phi) is 2.16. The van der Waals surface area contributed by atoms with Crippen LogP contribution in [0.1, 0.15) is 12.5 Å². The monoisotopic (exact) mass is 238 g/mol. The topological polar surface area (TPSA) is 95.6 Å². The Morgan fingerprint density at radius 2 is 2.29 bits per heavy atom. The summed E-state index contributed by atoms with van der Waals surface area (Å²) in [5, 5.41) is 29.2. The highest BCUT2D eigenvalue weighted by atomic mass is 16.3. The molecule has 3 rings (SSSR count). The quantitative estimate of drug-likeness (QED) is 0.584. The van der Waals surface area contributed by atoms with Gasteiger partial charge in [-0.3, -0.25) is 4.57 Å². The SMILES string of the molecule is O=c1ncccn1C1[C@H]2C[C@@]2(CO)[C@@H](O)[C@H]1O. The highest BCUT2D eigenvalue weighted by molar-refractivity contribution is 5.20. The molecule has 0 aromatic carbocycles. The molecular weight excluding hydrogens is 224 g/mol. The van der Waals surface area contributed by atoms with Crippen molar-refractivity contribution in [2.45, 2.75) is 24.7 Å². The Morgan fingerprint density at radius 3 is 2.88 bits per heavy atom.